The van der Waals surface area contributed by atoms with Gasteiger partial charge < -0.3 is 10.2 Å². The maximum Gasteiger partial charge on any atom is 0.283 e. The Morgan fingerprint density at radius 2 is 1.41 bits per heavy atom. The maximum atomic E-state index is 13.0. The van der Waals surface area contributed by atoms with Crippen molar-refractivity contribution in [1.29, 1.82) is 0 Å². The molecule has 3 N–H and O–H groups in total. The second-order valence-corrected chi connectivity index (χ2v) is 9.23. The molecule has 0 amide bonds. The highest BCUT2D eigenvalue weighted by atomic mass is 35.5. The SMILES string of the molecule is O=S(=O)(O)C(c1ccccc1)(c1ccc(Cl)cc1Cl)c1c(O)cc(O)c(Cl)c1Cl. The lowest BCUT2D eigenvalue weighted by atomic mass is 9.83. The Kier molecular flexibility index (Phi) is 5.98. The smallest absolute Gasteiger partial charge is 0.283 e. The van der Waals surface area contributed by atoms with E-state index in [1.807, 2.05) is 0 Å². The normalized spacial score (nSPS) is 13.8. The molecular weight excluding hydrogens is 482 g/mol. The van der Waals surface area contributed by atoms with Gasteiger partial charge in [0.25, 0.3) is 10.1 Å². The van der Waals surface area contributed by atoms with E-state index in [-0.39, 0.29) is 21.2 Å². The van der Waals surface area contributed by atoms with Gasteiger partial charge in [-0.25, -0.2) is 0 Å². The molecule has 3 aromatic rings. The van der Waals surface area contributed by atoms with Crippen molar-refractivity contribution in [1.82, 2.24) is 0 Å². The highest BCUT2D eigenvalue weighted by molar-refractivity contribution is 7.87. The second kappa shape index (κ2) is 7.87. The fourth-order valence-corrected chi connectivity index (χ4v) is 5.73. The van der Waals surface area contributed by atoms with Gasteiger partial charge in [-0.3, -0.25) is 4.55 Å². The summed E-state index contributed by atoms with van der Waals surface area (Å²) in [6.07, 6.45) is 0. The summed E-state index contributed by atoms with van der Waals surface area (Å²) in [5.41, 5.74) is -0.582. The van der Waals surface area contributed by atoms with Crippen LogP contribution in [0.3, 0.4) is 0 Å². The zero-order chi connectivity index (χ0) is 21.6. The van der Waals surface area contributed by atoms with Crippen LogP contribution < -0.4 is 0 Å². The molecule has 0 saturated heterocycles. The van der Waals surface area contributed by atoms with Crippen LogP contribution in [0.1, 0.15) is 16.7 Å². The molecule has 0 aliphatic carbocycles. The largest absolute Gasteiger partial charge is 0.507 e. The number of benzene rings is 3. The van der Waals surface area contributed by atoms with Gasteiger partial charge in [-0.05, 0) is 17.7 Å². The van der Waals surface area contributed by atoms with Crippen LogP contribution >= 0.6 is 46.4 Å². The molecule has 1 atom stereocenters. The van der Waals surface area contributed by atoms with Crippen molar-refractivity contribution < 1.29 is 23.2 Å². The molecule has 10 heteroatoms. The third-order valence-electron chi connectivity index (χ3n) is 4.40. The molecule has 0 radical (unpaired) electrons. The van der Waals surface area contributed by atoms with E-state index in [1.54, 1.807) is 6.07 Å². The Morgan fingerprint density at radius 1 is 0.793 bits per heavy atom. The number of phenols is 2. The van der Waals surface area contributed by atoms with E-state index < -0.39 is 42.0 Å². The second-order valence-electron chi connectivity index (χ2n) is 6.06. The zero-order valence-electron chi connectivity index (χ0n) is 14.3. The van der Waals surface area contributed by atoms with Crippen molar-refractivity contribution in [3.8, 4) is 11.5 Å². The van der Waals surface area contributed by atoms with E-state index in [2.05, 4.69) is 0 Å². The summed E-state index contributed by atoms with van der Waals surface area (Å²) in [6, 6.07) is 12.3. The zero-order valence-corrected chi connectivity index (χ0v) is 18.1. The van der Waals surface area contributed by atoms with Crippen molar-refractivity contribution in [2.24, 2.45) is 0 Å². The first-order chi connectivity index (χ1) is 13.5. The highest BCUT2D eigenvalue weighted by Gasteiger charge is 2.53. The van der Waals surface area contributed by atoms with Crippen LogP contribution in [0.4, 0.5) is 0 Å². The Labute approximate surface area is 186 Å². The van der Waals surface area contributed by atoms with Crippen LogP contribution in [0, 0.1) is 0 Å². The summed E-state index contributed by atoms with van der Waals surface area (Å²) in [6.45, 7) is 0. The van der Waals surface area contributed by atoms with Gasteiger partial charge in [0.05, 0.1) is 5.02 Å². The van der Waals surface area contributed by atoms with Gasteiger partial charge in [-0.15, -0.1) is 0 Å². The van der Waals surface area contributed by atoms with Crippen molar-refractivity contribution in [3.63, 3.8) is 0 Å². The van der Waals surface area contributed by atoms with E-state index >= 15 is 0 Å². The van der Waals surface area contributed by atoms with E-state index in [9.17, 15) is 23.2 Å². The highest BCUT2D eigenvalue weighted by Crippen LogP contribution is 2.54. The third kappa shape index (κ3) is 3.54. The first-order valence-electron chi connectivity index (χ1n) is 7.90. The Bertz CT molecular complexity index is 1200. The molecular formula is C19H12Cl4O5S. The fraction of sp³-hybridized carbons (Fsp3) is 0.0526. The van der Waals surface area contributed by atoms with Gasteiger partial charge >= 0.3 is 0 Å². The van der Waals surface area contributed by atoms with Crippen LogP contribution in [0.5, 0.6) is 11.5 Å². The Morgan fingerprint density at radius 3 is 1.97 bits per heavy atom. The number of aromatic hydroxyl groups is 2. The minimum atomic E-state index is -5.11. The molecule has 5 nitrogen and oxygen atoms in total. The van der Waals surface area contributed by atoms with Crippen LogP contribution in [0.25, 0.3) is 0 Å². The number of rotatable bonds is 4. The third-order valence-corrected chi connectivity index (χ3v) is 7.24. The maximum absolute atomic E-state index is 13.0. The minimum Gasteiger partial charge on any atom is -0.507 e. The Hall–Kier alpha value is -1.67. The van der Waals surface area contributed by atoms with Crippen molar-refractivity contribution >= 4 is 56.5 Å². The van der Waals surface area contributed by atoms with Gasteiger partial charge in [0, 0.05) is 27.2 Å². The fourth-order valence-electron chi connectivity index (χ4n) is 3.23. The lowest BCUT2D eigenvalue weighted by molar-refractivity contribution is 0.431. The standard InChI is InChI=1S/C19H12Cl4O5S/c20-11-6-7-12(13(21)8-11)19(29(26,27)28,10-4-2-1-3-5-10)16-14(24)9-15(25)17(22)18(16)23/h1-9,24-25H,(H,26,27,28). The molecule has 0 aliphatic heterocycles. The van der Waals surface area contributed by atoms with E-state index in [1.165, 1.54) is 42.5 Å². The number of hydrogen-bond acceptors (Lipinski definition) is 4. The number of phenolic OH excluding ortho intramolecular Hbond substituents is 2. The molecule has 0 saturated carbocycles. The van der Waals surface area contributed by atoms with Gasteiger partial charge in [-0.1, -0.05) is 82.8 Å². The molecule has 1 unspecified atom stereocenters. The lowest BCUT2D eigenvalue weighted by Crippen LogP contribution is -2.39. The average molecular weight is 494 g/mol. The summed E-state index contributed by atoms with van der Waals surface area (Å²) < 4.78 is 34.0. The topological polar surface area (TPSA) is 94.8 Å². The van der Waals surface area contributed by atoms with Crippen molar-refractivity contribution in [2.45, 2.75) is 4.75 Å². The van der Waals surface area contributed by atoms with Gasteiger partial charge in [0.1, 0.15) is 16.5 Å². The molecule has 3 aromatic carbocycles. The molecule has 152 valence electrons. The molecule has 3 rings (SSSR count). The molecule has 0 spiro atoms. The predicted octanol–water partition coefficient (Wildman–Crippen LogP) is 5.89. The lowest BCUT2D eigenvalue weighted by Gasteiger charge is -2.34. The first-order valence-corrected chi connectivity index (χ1v) is 10.9. The molecule has 0 aromatic heterocycles. The monoisotopic (exact) mass is 492 g/mol. The minimum absolute atomic E-state index is 0.0191. The average Bonchev–Trinajstić information content (AvgIpc) is 2.64. The molecule has 0 fully saturated rings. The van der Waals surface area contributed by atoms with Crippen LogP contribution in [-0.4, -0.2) is 23.2 Å². The molecule has 0 bridgehead atoms. The van der Waals surface area contributed by atoms with Crippen LogP contribution in [0.2, 0.25) is 20.1 Å². The van der Waals surface area contributed by atoms with E-state index in [4.69, 9.17) is 46.4 Å². The van der Waals surface area contributed by atoms with Gasteiger partial charge in [0.2, 0.25) is 0 Å². The Balaban J connectivity index is 2.65. The van der Waals surface area contributed by atoms with Gasteiger partial charge in [-0.2, -0.15) is 8.42 Å². The summed E-state index contributed by atoms with van der Waals surface area (Å²) in [4.78, 5) is 0. The molecule has 29 heavy (non-hydrogen) atoms. The van der Waals surface area contributed by atoms with Gasteiger partial charge in [0.15, 0.2) is 4.75 Å². The number of halogens is 4. The van der Waals surface area contributed by atoms with Crippen LogP contribution in [0.15, 0.2) is 54.6 Å². The first kappa shape index (κ1) is 22.0. The van der Waals surface area contributed by atoms with E-state index in [0.29, 0.717) is 0 Å². The van der Waals surface area contributed by atoms with Crippen molar-refractivity contribution in [2.75, 3.05) is 0 Å². The van der Waals surface area contributed by atoms with E-state index in [0.717, 1.165) is 6.07 Å². The summed E-state index contributed by atoms with van der Waals surface area (Å²) in [5.74, 6) is -1.29. The van der Waals surface area contributed by atoms with Crippen molar-refractivity contribution in [3.05, 3.63) is 91.4 Å². The summed E-state index contributed by atoms with van der Waals surface area (Å²) in [5, 5.41) is 19.7. The number of hydrogen-bond donors (Lipinski definition) is 3. The molecule has 0 heterocycles. The summed E-state index contributed by atoms with van der Waals surface area (Å²) >= 11 is 24.6. The quantitative estimate of drug-likeness (QED) is 0.311. The summed E-state index contributed by atoms with van der Waals surface area (Å²) in [7, 11) is -5.11. The molecule has 0 aliphatic rings. The van der Waals surface area contributed by atoms with Crippen LogP contribution in [-0.2, 0) is 14.9 Å². The predicted molar refractivity (Wildman–Crippen MR) is 114 cm³/mol.